The third-order valence-electron chi connectivity index (χ3n) is 8.54. The molecule has 0 radical (unpaired) electrons. The predicted octanol–water partition coefficient (Wildman–Crippen LogP) is 2.64. The van der Waals surface area contributed by atoms with E-state index in [1.165, 1.54) is 12.2 Å². The van der Waals surface area contributed by atoms with E-state index in [-0.39, 0.29) is 30.1 Å². The highest BCUT2D eigenvalue weighted by Crippen LogP contribution is 2.71. The maximum Gasteiger partial charge on any atom is 0.336 e. The summed E-state index contributed by atoms with van der Waals surface area (Å²) >= 11 is 7.16. The van der Waals surface area contributed by atoms with Crippen molar-refractivity contribution >= 4 is 23.4 Å². The zero-order valence-electron chi connectivity index (χ0n) is 16.2. The summed E-state index contributed by atoms with van der Waals surface area (Å²) in [6.07, 6.45) is 2.00. The van der Waals surface area contributed by atoms with E-state index in [9.17, 15) is 24.9 Å². The van der Waals surface area contributed by atoms with E-state index < -0.39 is 51.4 Å². The molecule has 3 fully saturated rings. The fourth-order valence-corrected chi connectivity index (χ4v) is 7.49. The third kappa shape index (κ3) is 1.99. The van der Waals surface area contributed by atoms with Gasteiger partial charge in [0, 0.05) is 10.8 Å². The van der Waals surface area contributed by atoms with Crippen LogP contribution >= 0.6 is 11.6 Å². The number of carboxylic acid groups (broad SMARTS) is 1. The zero-order chi connectivity index (χ0) is 20.9. The van der Waals surface area contributed by atoms with E-state index in [1.54, 1.807) is 26.8 Å². The van der Waals surface area contributed by atoms with Crippen LogP contribution in [0.5, 0.6) is 0 Å². The van der Waals surface area contributed by atoms with Crippen LogP contribution in [0.25, 0.3) is 0 Å². The Morgan fingerprint density at radius 1 is 1.29 bits per heavy atom. The van der Waals surface area contributed by atoms with E-state index >= 15 is 4.39 Å². The van der Waals surface area contributed by atoms with Crippen LogP contribution in [-0.4, -0.2) is 49.8 Å². The van der Waals surface area contributed by atoms with Gasteiger partial charge in [0.1, 0.15) is 6.17 Å². The fraction of sp³-hybridized carbons (Fsp3) is 0.714. The third-order valence-corrected chi connectivity index (χ3v) is 9.46. The molecule has 0 aromatic carbocycles. The summed E-state index contributed by atoms with van der Waals surface area (Å²) in [7, 11) is 0. The number of carbonyl (C=O) groups is 2. The zero-order valence-corrected chi connectivity index (χ0v) is 16.9. The molecule has 0 aromatic heterocycles. The fourth-order valence-electron chi connectivity index (χ4n) is 7.00. The minimum Gasteiger partial charge on any atom is -0.479 e. The summed E-state index contributed by atoms with van der Waals surface area (Å²) in [6.45, 7) is 5.10. The number of hydrogen-bond acceptors (Lipinski definition) is 4. The van der Waals surface area contributed by atoms with Gasteiger partial charge in [0.05, 0.1) is 11.0 Å². The second-order valence-electron chi connectivity index (χ2n) is 9.57. The average molecular weight is 413 g/mol. The molecule has 5 nitrogen and oxygen atoms in total. The minimum absolute atomic E-state index is 0.00752. The first-order chi connectivity index (χ1) is 12.8. The van der Waals surface area contributed by atoms with Gasteiger partial charge < -0.3 is 15.3 Å². The van der Waals surface area contributed by atoms with Crippen molar-refractivity contribution in [3.8, 4) is 0 Å². The molecule has 7 heteroatoms. The highest BCUT2D eigenvalue weighted by Gasteiger charge is 2.75. The molecular weight excluding hydrogens is 387 g/mol. The van der Waals surface area contributed by atoms with E-state index in [0.29, 0.717) is 6.42 Å². The average Bonchev–Trinajstić information content (AvgIpc) is 2.81. The molecule has 154 valence electrons. The molecule has 2 unspecified atom stereocenters. The lowest BCUT2D eigenvalue weighted by atomic mass is 9.45. The number of rotatable bonds is 1. The van der Waals surface area contributed by atoms with E-state index in [0.717, 1.165) is 0 Å². The van der Waals surface area contributed by atoms with Gasteiger partial charge in [-0.2, -0.15) is 0 Å². The van der Waals surface area contributed by atoms with Crippen LogP contribution < -0.4 is 0 Å². The van der Waals surface area contributed by atoms with Crippen LogP contribution in [-0.2, 0) is 9.59 Å². The Labute approximate surface area is 168 Å². The molecule has 0 saturated heterocycles. The van der Waals surface area contributed by atoms with Gasteiger partial charge in [0.25, 0.3) is 0 Å². The smallest absolute Gasteiger partial charge is 0.336 e. The summed E-state index contributed by atoms with van der Waals surface area (Å²) in [5.41, 5.74) is -3.95. The highest BCUT2D eigenvalue weighted by atomic mass is 35.5. The van der Waals surface area contributed by atoms with E-state index in [2.05, 4.69) is 0 Å². The number of ketones is 1. The molecule has 0 aromatic rings. The van der Waals surface area contributed by atoms with Crippen LogP contribution in [0.4, 0.5) is 4.39 Å². The summed E-state index contributed by atoms with van der Waals surface area (Å²) in [5.74, 6) is -3.10. The number of aliphatic hydroxyl groups excluding tert-OH is 1. The molecule has 0 amide bonds. The number of fused-ring (bicyclic) bond motifs is 5. The number of carboxylic acids is 1. The molecular formula is C21H26ClFO5. The summed E-state index contributed by atoms with van der Waals surface area (Å²) in [5, 5.41) is 32.2. The standard InChI is InChI=1S/C21H26ClFO5/c1-10-6-12-13-8-15(23)14-7-11(24)4-5-18(14,2)20(13,22)16(25)9-19(12,3)21(10,28)17(26)27/h4-5,7,10,12-13,15-16,25,28H,6,8-9H2,1-3H3,(H,26,27)/t10-,12?,13?,15+,16+,18+,19+,20+,21+/m1/s1. The Morgan fingerprint density at radius 3 is 2.54 bits per heavy atom. The maximum atomic E-state index is 15.3. The number of carbonyl (C=O) groups excluding carboxylic acids is 1. The topological polar surface area (TPSA) is 94.8 Å². The number of alkyl halides is 2. The molecule has 4 aliphatic carbocycles. The van der Waals surface area contributed by atoms with Gasteiger partial charge in [-0.3, -0.25) is 4.79 Å². The first kappa shape index (κ1) is 20.0. The van der Waals surface area contributed by atoms with Crippen molar-refractivity contribution in [3.05, 3.63) is 23.8 Å². The second-order valence-corrected chi connectivity index (χ2v) is 10.2. The van der Waals surface area contributed by atoms with E-state index in [1.807, 2.05) is 0 Å². The van der Waals surface area contributed by atoms with Gasteiger partial charge in [0.2, 0.25) is 0 Å². The SMILES string of the molecule is C[C@@H]1CC2C3C[C@H](F)C4=CC(=O)C=C[C@]4(C)[C@@]3(Cl)[C@@H](O)C[C@]2(C)[C@@]1(O)C(=O)O. The number of hydrogen-bond donors (Lipinski definition) is 3. The molecule has 4 rings (SSSR count). The lowest BCUT2D eigenvalue weighted by molar-refractivity contribution is -0.195. The van der Waals surface area contributed by atoms with Crippen LogP contribution in [0.1, 0.15) is 40.0 Å². The Kier molecular flexibility index (Phi) is 4.06. The number of aliphatic carboxylic acids is 1. The maximum absolute atomic E-state index is 15.3. The van der Waals surface area contributed by atoms with Crippen molar-refractivity contribution in [3.63, 3.8) is 0 Å². The number of aliphatic hydroxyl groups is 2. The van der Waals surface area contributed by atoms with Gasteiger partial charge in [0.15, 0.2) is 11.4 Å². The first-order valence-corrected chi connectivity index (χ1v) is 10.1. The molecule has 0 spiro atoms. The molecule has 3 N–H and O–H groups in total. The lowest BCUT2D eigenvalue weighted by Crippen LogP contribution is -2.70. The molecule has 0 aliphatic heterocycles. The Balaban J connectivity index is 1.88. The monoisotopic (exact) mass is 412 g/mol. The van der Waals surface area contributed by atoms with Crippen molar-refractivity contribution in [1.82, 2.24) is 0 Å². The largest absolute Gasteiger partial charge is 0.479 e. The molecule has 0 heterocycles. The van der Waals surface area contributed by atoms with Crippen molar-refractivity contribution in [2.24, 2.45) is 28.6 Å². The summed E-state index contributed by atoms with van der Waals surface area (Å²) < 4.78 is 15.3. The normalized spacial score (nSPS) is 55.2. The van der Waals surface area contributed by atoms with Gasteiger partial charge in [-0.05, 0) is 54.7 Å². The Morgan fingerprint density at radius 2 is 1.93 bits per heavy atom. The second kappa shape index (κ2) is 5.67. The van der Waals surface area contributed by atoms with E-state index in [4.69, 9.17) is 11.6 Å². The first-order valence-electron chi connectivity index (χ1n) is 9.76. The van der Waals surface area contributed by atoms with Crippen molar-refractivity contribution in [1.29, 1.82) is 0 Å². The van der Waals surface area contributed by atoms with Crippen molar-refractivity contribution in [2.45, 2.75) is 62.8 Å². The highest BCUT2D eigenvalue weighted by molar-refractivity contribution is 6.26. The van der Waals surface area contributed by atoms with Crippen LogP contribution in [0.15, 0.2) is 23.8 Å². The van der Waals surface area contributed by atoms with Crippen LogP contribution in [0.2, 0.25) is 0 Å². The van der Waals surface area contributed by atoms with Crippen LogP contribution in [0.3, 0.4) is 0 Å². The van der Waals surface area contributed by atoms with Crippen molar-refractivity contribution < 1.29 is 29.3 Å². The molecule has 3 saturated carbocycles. The van der Waals surface area contributed by atoms with Crippen molar-refractivity contribution in [2.75, 3.05) is 0 Å². The quantitative estimate of drug-likeness (QED) is 0.575. The van der Waals surface area contributed by atoms with Gasteiger partial charge >= 0.3 is 5.97 Å². The Bertz CT molecular complexity index is 826. The molecule has 0 bridgehead atoms. The minimum atomic E-state index is -2.02. The lowest BCUT2D eigenvalue weighted by Gasteiger charge is -2.64. The number of halogens is 2. The van der Waals surface area contributed by atoms with Gasteiger partial charge in [-0.15, -0.1) is 11.6 Å². The molecule has 9 atom stereocenters. The van der Waals surface area contributed by atoms with Gasteiger partial charge in [-0.1, -0.05) is 26.8 Å². The predicted molar refractivity (Wildman–Crippen MR) is 101 cm³/mol. The summed E-state index contributed by atoms with van der Waals surface area (Å²) in [4.78, 5) is 22.6. The van der Waals surface area contributed by atoms with Crippen LogP contribution in [0, 0.1) is 28.6 Å². The number of allylic oxidation sites excluding steroid dienone is 4. The summed E-state index contributed by atoms with van der Waals surface area (Å²) in [6, 6.07) is 0. The molecule has 28 heavy (non-hydrogen) atoms. The molecule has 4 aliphatic rings. The van der Waals surface area contributed by atoms with Gasteiger partial charge in [-0.25, -0.2) is 9.18 Å². The Hall–Kier alpha value is -1.24.